The second kappa shape index (κ2) is 17.4. The van der Waals surface area contributed by atoms with Crippen LogP contribution in [-0.2, 0) is 0 Å². The number of amides is 1. The van der Waals surface area contributed by atoms with Gasteiger partial charge in [-0.1, -0.05) is 97.1 Å². The number of aromatic nitrogens is 5. The number of hydrogen-bond acceptors (Lipinski definition) is 6. The highest BCUT2D eigenvalue weighted by Crippen LogP contribution is 2.45. The molecule has 0 aliphatic heterocycles. The fourth-order valence-corrected chi connectivity index (χ4v) is 10.4. The monoisotopic (exact) mass is 924 g/mol. The number of nitrogens with one attached hydrogen (secondary N) is 1. The number of aryl methyl sites for hydroxylation is 10. The molecular formula is C64H56N6O. The summed E-state index contributed by atoms with van der Waals surface area (Å²) >= 11 is 0. The molecule has 6 aromatic carbocycles. The van der Waals surface area contributed by atoms with Crippen LogP contribution in [0.1, 0.15) is 84.7 Å². The Hall–Kier alpha value is -8.16. The highest BCUT2D eigenvalue weighted by atomic mass is 16.2. The van der Waals surface area contributed by atoms with Crippen molar-refractivity contribution in [3.8, 4) is 45.0 Å². The van der Waals surface area contributed by atoms with E-state index in [1.807, 2.05) is 44.2 Å². The predicted octanol–water partition coefficient (Wildman–Crippen LogP) is 15.7. The van der Waals surface area contributed by atoms with Gasteiger partial charge >= 0.3 is 0 Å². The van der Waals surface area contributed by atoms with Crippen LogP contribution in [0.2, 0.25) is 0 Å². The normalized spacial score (nSPS) is 12.2. The summed E-state index contributed by atoms with van der Waals surface area (Å²) in [6, 6.07) is 44.4. The first-order valence-corrected chi connectivity index (χ1v) is 24.5. The minimum absolute atomic E-state index is 0.289. The molecule has 0 fully saturated rings. The summed E-state index contributed by atoms with van der Waals surface area (Å²) in [5.41, 5.74) is 22.5. The van der Waals surface area contributed by atoms with E-state index in [4.69, 9.17) is 24.9 Å². The Morgan fingerprint density at radius 1 is 0.366 bits per heavy atom. The van der Waals surface area contributed by atoms with Crippen molar-refractivity contribution in [1.29, 1.82) is 0 Å². The van der Waals surface area contributed by atoms with Crippen molar-refractivity contribution in [2.24, 2.45) is 0 Å². The topological polar surface area (TPSA) is 93.6 Å². The number of fused-ring (bicyclic) bond motifs is 5. The van der Waals surface area contributed by atoms with Gasteiger partial charge in [0.25, 0.3) is 5.91 Å². The summed E-state index contributed by atoms with van der Waals surface area (Å²) < 4.78 is 0. The molecule has 0 spiro atoms. The van der Waals surface area contributed by atoms with Crippen LogP contribution in [0.5, 0.6) is 0 Å². The molecule has 0 radical (unpaired) electrons. The molecule has 11 aromatic rings. The lowest BCUT2D eigenvalue weighted by atomic mass is 9.89. The van der Waals surface area contributed by atoms with E-state index in [1.54, 1.807) is 0 Å². The number of nitrogens with zero attached hydrogens (tertiary/aromatic N) is 5. The van der Waals surface area contributed by atoms with Gasteiger partial charge in [-0.3, -0.25) is 4.79 Å². The summed E-state index contributed by atoms with van der Waals surface area (Å²) in [5, 5.41) is 8.51. The van der Waals surface area contributed by atoms with E-state index in [9.17, 15) is 0 Å². The van der Waals surface area contributed by atoms with Crippen molar-refractivity contribution in [3.05, 3.63) is 194 Å². The molecule has 1 atom stereocenters. The van der Waals surface area contributed by atoms with Crippen LogP contribution < -0.4 is 5.32 Å². The third kappa shape index (κ3) is 7.68. The van der Waals surface area contributed by atoms with Crippen molar-refractivity contribution in [2.45, 2.75) is 82.2 Å². The van der Waals surface area contributed by atoms with Gasteiger partial charge in [0.2, 0.25) is 0 Å². The highest BCUT2D eigenvalue weighted by molar-refractivity contribution is 6.08. The van der Waals surface area contributed by atoms with Crippen molar-refractivity contribution in [3.63, 3.8) is 0 Å². The molecular weight excluding hydrogens is 869 g/mol. The molecule has 71 heavy (non-hydrogen) atoms. The molecule has 1 amide bonds. The van der Waals surface area contributed by atoms with Crippen molar-refractivity contribution >= 4 is 60.4 Å². The Bertz CT molecular complexity index is 4060. The fraction of sp³-hybridized carbons (Fsp3) is 0.188. The van der Waals surface area contributed by atoms with E-state index in [-0.39, 0.29) is 11.9 Å². The molecule has 0 unspecified atom stereocenters. The van der Waals surface area contributed by atoms with Crippen LogP contribution >= 0.6 is 0 Å². The van der Waals surface area contributed by atoms with Gasteiger partial charge in [-0.2, -0.15) is 0 Å². The second-order valence-corrected chi connectivity index (χ2v) is 19.8. The second-order valence-electron chi connectivity index (χ2n) is 19.8. The number of benzene rings is 6. The zero-order valence-electron chi connectivity index (χ0n) is 42.3. The Balaban J connectivity index is 1.29. The van der Waals surface area contributed by atoms with E-state index in [1.165, 1.54) is 5.56 Å². The van der Waals surface area contributed by atoms with E-state index in [0.29, 0.717) is 22.6 Å². The number of hydrogen-bond donors (Lipinski definition) is 1. The maximum atomic E-state index is 15.1. The van der Waals surface area contributed by atoms with Crippen molar-refractivity contribution in [2.75, 3.05) is 0 Å². The van der Waals surface area contributed by atoms with E-state index in [0.717, 1.165) is 138 Å². The van der Waals surface area contributed by atoms with Gasteiger partial charge in [0.05, 0.1) is 56.4 Å². The smallest absolute Gasteiger partial charge is 0.271 e. The molecule has 0 aliphatic rings. The average Bonchev–Trinajstić information content (AvgIpc) is 3.38. The minimum atomic E-state index is -0.289. The summed E-state index contributed by atoms with van der Waals surface area (Å²) in [6.07, 6.45) is 0. The molecule has 0 saturated heterocycles. The van der Waals surface area contributed by atoms with E-state index in [2.05, 4.69) is 165 Å². The minimum Gasteiger partial charge on any atom is -0.344 e. The first kappa shape index (κ1) is 45.3. The molecule has 5 heterocycles. The van der Waals surface area contributed by atoms with Gasteiger partial charge in [-0.15, -0.1) is 0 Å². The van der Waals surface area contributed by atoms with Crippen LogP contribution in [0, 0.1) is 69.2 Å². The number of carbonyl (C=O) groups is 1. The largest absolute Gasteiger partial charge is 0.344 e. The van der Waals surface area contributed by atoms with Crippen molar-refractivity contribution < 1.29 is 4.79 Å². The Morgan fingerprint density at radius 2 is 0.718 bits per heavy atom. The summed E-state index contributed by atoms with van der Waals surface area (Å²) in [5.74, 6) is -0.289. The molecule has 0 aliphatic carbocycles. The van der Waals surface area contributed by atoms with Gasteiger partial charge in [-0.05, 0) is 168 Å². The quantitative estimate of drug-likeness (QED) is 0.171. The zero-order chi connectivity index (χ0) is 49.6. The van der Waals surface area contributed by atoms with Gasteiger partial charge < -0.3 is 5.32 Å². The number of carbonyl (C=O) groups excluding carboxylic acids is 1. The van der Waals surface area contributed by atoms with E-state index >= 15 is 4.79 Å². The molecule has 11 rings (SSSR count). The molecule has 348 valence electrons. The standard InChI is InChI=1S/C64H56N6O/c1-33-17-22-38(6)55-45(33)27-28-54(66-55)50-29-46-34(2)18-23-39(7)56(46)67-60(50)51-30-47-35(3)19-24-40(8)57(47)68-61(51)52-31-48-36(4)20-25-41(9)58(48)69-62(52)53-32-49-37(5)21-26-42(10)59(49)70-63(53)64(71)65-43(11)44-15-13-12-14-16-44/h12-32,43H,1-11H3,(H,65,71)/t43-/m0/s1. The van der Waals surface area contributed by atoms with Gasteiger partial charge in [0, 0.05) is 49.2 Å². The Morgan fingerprint density at radius 3 is 1.18 bits per heavy atom. The summed E-state index contributed by atoms with van der Waals surface area (Å²) in [4.78, 5) is 43.1. The highest BCUT2D eigenvalue weighted by Gasteiger charge is 2.28. The van der Waals surface area contributed by atoms with Crippen LogP contribution in [0.4, 0.5) is 0 Å². The molecule has 7 nitrogen and oxygen atoms in total. The Kier molecular flexibility index (Phi) is 11.1. The average molecular weight is 925 g/mol. The zero-order valence-corrected chi connectivity index (χ0v) is 42.3. The maximum absolute atomic E-state index is 15.1. The lowest BCUT2D eigenvalue weighted by molar-refractivity contribution is 0.0936. The molecule has 5 aromatic heterocycles. The van der Waals surface area contributed by atoms with Crippen LogP contribution in [0.15, 0.2) is 127 Å². The third-order valence-electron chi connectivity index (χ3n) is 14.8. The lowest BCUT2D eigenvalue weighted by Gasteiger charge is -2.21. The lowest BCUT2D eigenvalue weighted by Crippen LogP contribution is -2.28. The number of rotatable bonds is 7. The van der Waals surface area contributed by atoms with Crippen LogP contribution in [-0.4, -0.2) is 30.8 Å². The SMILES string of the molecule is Cc1ccc(C)c2nc(-c3cc4c(C)ccc(C)c4nc3-c3cc4c(C)ccc(C)c4nc3-c3cc4c(C)ccc(C)c4nc3-c3cc4c(C)ccc(C)c4nc3C(=O)N[C@@H](C)c3ccccc3)ccc12. The Labute approximate surface area is 415 Å². The molecule has 0 bridgehead atoms. The van der Waals surface area contributed by atoms with Crippen LogP contribution in [0.25, 0.3) is 99.5 Å². The molecule has 0 saturated carbocycles. The maximum Gasteiger partial charge on any atom is 0.271 e. The summed E-state index contributed by atoms with van der Waals surface area (Å²) in [7, 11) is 0. The van der Waals surface area contributed by atoms with Crippen LogP contribution in [0.3, 0.4) is 0 Å². The summed E-state index contributed by atoms with van der Waals surface area (Å²) in [6.45, 7) is 23.2. The van der Waals surface area contributed by atoms with Gasteiger partial charge in [0.15, 0.2) is 0 Å². The van der Waals surface area contributed by atoms with Crippen molar-refractivity contribution in [1.82, 2.24) is 30.2 Å². The number of pyridine rings is 5. The van der Waals surface area contributed by atoms with Gasteiger partial charge in [-0.25, -0.2) is 24.9 Å². The predicted molar refractivity (Wildman–Crippen MR) is 294 cm³/mol. The molecule has 7 heteroatoms. The first-order chi connectivity index (χ1) is 34.1. The fourth-order valence-electron chi connectivity index (χ4n) is 10.4. The van der Waals surface area contributed by atoms with Gasteiger partial charge in [0.1, 0.15) is 5.69 Å². The molecule has 1 N–H and O–H groups in total. The third-order valence-corrected chi connectivity index (χ3v) is 14.8. The first-order valence-electron chi connectivity index (χ1n) is 24.5. The van der Waals surface area contributed by atoms with E-state index < -0.39 is 0 Å².